The van der Waals surface area contributed by atoms with Crippen LogP contribution in [0.4, 0.5) is 5.69 Å². The highest BCUT2D eigenvalue weighted by Crippen LogP contribution is 2.65. The summed E-state index contributed by atoms with van der Waals surface area (Å²) < 4.78 is 6.82. The molecule has 3 unspecified atom stereocenters. The summed E-state index contributed by atoms with van der Waals surface area (Å²) in [6.45, 7) is 12.5. The number of likely N-dealkylation sites (N-methyl/N-ethyl adjacent to an activating group) is 1. The molecule has 0 radical (unpaired) electrons. The number of likely N-dealkylation sites (tertiary alicyclic amines) is 1. The second-order valence-corrected chi connectivity index (χ2v) is 11.6. The number of fused-ring (bicyclic) bond motifs is 1. The molecule has 3 saturated heterocycles. The lowest BCUT2D eigenvalue weighted by atomic mass is 9.62. The first-order valence-electron chi connectivity index (χ1n) is 13.7. The zero-order valence-electron chi connectivity index (χ0n) is 23.1. The van der Waals surface area contributed by atoms with Crippen molar-refractivity contribution in [2.75, 3.05) is 38.2 Å². The van der Waals surface area contributed by atoms with Gasteiger partial charge in [0.15, 0.2) is 0 Å². The van der Waals surface area contributed by atoms with Crippen LogP contribution in [0.1, 0.15) is 39.5 Å². The minimum atomic E-state index is -1.14. The number of hydrogen-bond donors (Lipinski definition) is 1. The molecule has 0 saturated carbocycles. The molecule has 6 atom stereocenters. The third-order valence-electron chi connectivity index (χ3n) is 8.87. The van der Waals surface area contributed by atoms with Crippen molar-refractivity contribution in [2.45, 2.75) is 56.8 Å². The molecule has 9 heteroatoms. The first kappa shape index (κ1) is 29.3. The van der Waals surface area contributed by atoms with Crippen LogP contribution in [0.3, 0.4) is 0 Å². The van der Waals surface area contributed by atoms with Gasteiger partial charge in [-0.2, -0.15) is 0 Å². The van der Waals surface area contributed by atoms with Gasteiger partial charge in [0, 0.05) is 33.3 Å². The van der Waals surface area contributed by atoms with Crippen LogP contribution in [0.5, 0.6) is 0 Å². The van der Waals surface area contributed by atoms with Crippen LogP contribution in [0.25, 0.3) is 0 Å². The lowest BCUT2D eigenvalue weighted by molar-refractivity contribution is -0.150. The van der Waals surface area contributed by atoms with E-state index in [0.29, 0.717) is 49.5 Å². The number of rotatable bonds is 12. The molecule has 3 heterocycles. The summed E-state index contributed by atoms with van der Waals surface area (Å²) in [7, 11) is 1.70. The fourth-order valence-corrected chi connectivity index (χ4v) is 7.22. The van der Waals surface area contributed by atoms with Gasteiger partial charge in [-0.1, -0.05) is 42.8 Å². The van der Waals surface area contributed by atoms with Gasteiger partial charge in [-0.3, -0.25) is 14.4 Å². The molecule has 1 aromatic carbocycles. The molecule has 1 N–H and O–H groups in total. The van der Waals surface area contributed by atoms with Crippen molar-refractivity contribution in [3.05, 3.63) is 54.6 Å². The molecule has 1 aromatic rings. The number of benzene rings is 1. The van der Waals surface area contributed by atoms with E-state index in [1.807, 2.05) is 19.9 Å². The number of amides is 3. The van der Waals surface area contributed by atoms with Crippen LogP contribution in [0.2, 0.25) is 5.02 Å². The van der Waals surface area contributed by atoms with Gasteiger partial charge in [0.2, 0.25) is 11.8 Å². The number of aliphatic hydroxyl groups excluding tert-OH is 1. The summed E-state index contributed by atoms with van der Waals surface area (Å²) in [4.78, 5) is 47.4. The predicted molar refractivity (Wildman–Crippen MR) is 151 cm³/mol. The standard InChI is InChI=1S/C30H40ClN3O5/c1-6-15-32(5)26(36)23-24-27(37)34(17-11-8-12-18-35)25(30(24)19-20(3)29(23,4)39-30)28(38)33(16-7-2)22-14-10-9-13-21(22)31/h6-7,9-10,13-14,20,23-25,35H,1-2,8,11-12,15-19H2,3-5H3/t20?,23-,24-,25?,29+,30?/m0/s1. The maximum absolute atomic E-state index is 14.6. The number of anilines is 1. The van der Waals surface area contributed by atoms with E-state index in [9.17, 15) is 19.5 Å². The van der Waals surface area contributed by atoms with E-state index in [1.165, 1.54) is 0 Å². The van der Waals surface area contributed by atoms with Crippen molar-refractivity contribution in [1.82, 2.24) is 9.80 Å². The average molecular weight is 558 g/mol. The first-order chi connectivity index (χ1) is 18.6. The number of aliphatic hydroxyl groups is 1. The Bertz CT molecular complexity index is 1140. The molecule has 8 nitrogen and oxygen atoms in total. The highest BCUT2D eigenvalue weighted by molar-refractivity contribution is 6.34. The van der Waals surface area contributed by atoms with Crippen LogP contribution in [0, 0.1) is 17.8 Å². The van der Waals surface area contributed by atoms with Crippen LogP contribution in [-0.2, 0) is 19.1 Å². The lowest BCUT2D eigenvalue weighted by Gasteiger charge is -2.38. The molecule has 4 rings (SSSR count). The third kappa shape index (κ3) is 4.70. The number of ether oxygens (including phenoxy) is 1. The molecule has 3 fully saturated rings. The van der Waals surface area contributed by atoms with E-state index in [4.69, 9.17) is 16.3 Å². The summed E-state index contributed by atoms with van der Waals surface area (Å²) in [5.74, 6) is -2.25. The third-order valence-corrected chi connectivity index (χ3v) is 9.19. The van der Waals surface area contributed by atoms with Gasteiger partial charge in [-0.15, -0.1) is 13.2 Å². The number of nitrogens with zero attached hydrogens (tertiary/aromatic N) is 3. The van der Waals surface area contributed by atoms with Crippen LogP contribution < -0.4 is 4.90 Å². The van der Waals surface area contributed by atoms with E-state index >= 15 is 0 Å². The minimum absolute atomic E-state index is 0.0505. The number of unbranched alkanes of at least 4 members (excludes halogenated alkanes) is 2. The van der Waals surface area contributed by atoms with Crippen molar-refractivity contribution >= 4 is 35.0 Å². The molecule has 39 heavy (non-hydrogen) atoms. The van der Waals surface area contributed by atoms with Crippen molar-refractivity contribution < 1.29 is 24.2 Å². The smallest absolute Gasteiger partial charge is 0.253 e. The summed E-state index contributed by atoms with van der Waals surface area (Å²) in [5, 5.41) is 9.68. The molecule has 1 spiro atoms. The molecule has 3 amide bonds. The number of carbonyl (C=O) groups is 3. The summed E-state index contributed by atoms with van der Waals surface area (Å²) in [6, 6.07) is 6.17. The van der Waals surface area contributed by atoms with Gasteiger partial charge in [0.05, 0.1) is 28.1 Å². The largest absolute Gasteiger partial charge is 0.396 e. The number of halogens is 1. The zero-order valence-corrected chi connectivity index (χ0v) is 23.9. The van der Waals surface area contributed by atoms with Crippen molar-refractivity contribution in [3.63, 3.8) is 0 Å². The predicted octanol–water partition coefficient (Wildman–Crippen LogP) is 3.68. The Morgan fingerprint density at radius 3 is 2.51 bits per heavy atom. The van der Waals surface area contributed by atoms with Crippen LogP contribution >= 0.6 is 11.6 Å². The van der Waals surface area contributed by atoms with Crippen molar-refractivity contribution in [1.29, 1.82) is 0 Å². The van der Waals surface area contributed by atoms with Gasteiger partial charge in [-0.25, -0.2) is 0 Å². The van der Waals surface area contributed by atoms with E-state index < -0.39 is 29.1 Å². The fourth-order valence-electron chi connectivity index (χ4n) is 6.98. The summed E-state index contributed by atoms with van der Waals surface area (Å²) >= 11 is 6.53. The highest BCUT2D eigenvalue weighted by atomic mass is 35.5. The Morgan fingerprint density at radius 2 is 1.87 bits per heavy atom. The molecule has 0 aromatic heterocycles. The Morgan fingerprint density at radius 1 is 1.18 bits per heavy atom. The molecule has 3 aliphatic heterocycles. The summed E-state index contributed by atoms with van der Waals surface area (Å²) in [5.41, 5.74) is -1.50. The van der Waals surface area contributed by atoms with E-state index in [2.05, 4.69) is 13.2 Å². The van der Waals surface area contributed by atoms with Crippen LogP contribution in [0.15, 0.2) is 49.6 Å². The molecule has 3 aliphatic rings. The SMILES string of the molecule is C=CCN(C)C(=O)[C@@H]1[C@H]2C(=O)N(CCCCCO)C(C(=O)N(CC=C)c3ccccc3Cl)C23CC(C)[C@@]1(C)O3. The minimum Gasteiger partial charge on any atom is -0.396 e. The Balaban J connectivity index is 1.81. The quantitative estimate of drug-likeness (QED) is 0.313. The normalized spacial score (nSPS) is 30.8. The van der Waals surface area contributed by atoms with E-state index in [0.717, 1.165) is 0 Å². The summed E-state index contributed by atoms with van der Waals surface area (Å²) in [6.07, 6.45) is 5.71. The van der Waals surface area contributed by atoms with E-state index in [-0.39, 0.29) is 36.8 Å². The highest BCUT2D eigenvalue weighted by Gasteiger charge is 2.80. The number of hydrogen-bond acceptors (Lipinski definition) is 5. The zero-order chi connectivity index (χ0) is 28.5. The molecule has 212 valence electrons. The van der Waals surface area contributed by atoms with Gasteiger partial charge in [-0.05, 0) is 50.7 Å². The lowest BCUT2D eigenvalue weighted by Crippen LogP contribution is -2.57. The fraction of sp³-hybridized carbons (Fsp3) is 0.567. The Hall–Kier alpha value is -2.68. The topological polar surface area (TPSA) is 90.4 Å². The molecule has 2 bridgehead atoms. The first-order valence-corrected chi connectivity index (χ1v) is 14.1. The Labute approximate surface area is 236 Å². The van der Waals surface area contributed by atoms with E-state index in [1.54, 1.807) is 52.1 Å². The van der Waals surface area contributed by atoms with Gasteiger partial charge in [0.1, 0.15) is 11.6 Å². The maximum atomic E-state index is 14.6. The molecule has 0 aliphatic carbocycles. The molecular formula is C30H40ClN3O5. The monoisotopic (exact) mass is 557 g/mol. The second kappa shape index (κ2) is 11.4. The molecular weight excluding hydrogens is 518 g/mol. The van der Waals surface area contributed by atoms with Crippen LogP contribution in [-0.4, -0.2) is 83.2 Å². The Kier molecular flexibility index (Phi) is 8.59. The average Bonchev–Trinajstić information content (AvgIpc) is 3.41. The maximum Gasteiger partial charge on any atom is 0.253 e. The van der Waals surface area contributed by atoms with Crippen molar-refractivity contribution in [3.8, 4) is 0 Å². The number of carbonyl (C=O) groups excluding carboxylic acids is 3. The van der Waals surface area contributed by atoms with Crippen molar-refractivity contribution in [2.24, 2.45) is 17.8 Å². The number of para-hydroxylation sites is 1. The van der Waals surface area contributed by atoms with Gasteiger partial charge < -0.3 is 24.5 Å². The second-order valence-electron chi connectivity index (χ2n) is 11.2. The van der Waals surface area contributed by atoms with Gasteiger partial charge >= 0.3 is 0 Å². The van der Waals surface area contributed by atoms with Gasteiger partial charge in [0.25, 0.3) is 5.91 Å².